The van der Waals surface area contributed by atoms with E-state index in [2.05, 4.69) is 46.4 Å². The van der Waals surface area contributed by atoms with E-state index in [-0.39, 0.29) is 5.91 Å². The first-order valence-electron chi connectivity index (χ1n) is 5.96. The zero-order valence-electron chi connectivity index (χ0n) is 10.7. The van der Waals surface area contributed by atoms with Crippen LogP contribution in [0.25, 0.3) is 0 Å². The van der Waals surface area contributed by atoms with Crippen LogP contribution in [0.1, 0.15) is 30.0 Å². The van der Waals surface area contributed by atoms with Gasteiger partial charge >= 0.3 is 0 Å². The minimum absolute atomic E-state index is 0.104. The summed E-state index contributed by atoms with van der Waals surface area (Å²) >= 11 is 3.46. The highest BCUT2D eigenvalue weighted by molar-refractivity contribution is 9.09. The molecule has 2 nitrogen and oxygen atoms in total. The molecular weight excluding hydrogens is 278 g/mol. The van der Waals surface area contributed by atoms with Crippen molar-refractivity contribution in [2.75, 3.05) is 6.54 Å². The summed E-state index contributed by atoms with van der Waals surface area (Å²) in [5, 5.41) is 2.94. The van der Waals surface area contributed by atoms with E-state index in [1.807, 2.05) is 13.8 Å². The van der Waals surface area contributed by atoms with Crippen LogP contribution in [0.5, 0.6) is 0 Å². The van der Waals surface area contributed by atoms with Crippen LogP contribution in [0.4, 0.5) is 0 Å². The van der Waals surface area contributed by atoms with Gasteiger partial charge in [-0.3, -0.25) is 4.79 Å². The van der Waals surface area contributed by atoms with Crippen molar-refractivity contribution >= 4 is 21.8 Å². The van der Waals surface area contributed by atoms with Crippen molar-refractivity contribution in [2.45, 2.75) is 38.4 Å². The smallest absolute Gasteiger partial charge is 0.224 e. The summed E-state index contributed by atoms with van der Waals surface area (Å²) in [5.41, 5.74) is 3.50. The maximum atomic E-state index is 11.7. The zero-order valence-corrected chi connectivity index (χ0v) is 12.3. The van der Waals surface area contributed by atoms with Crippen LogP contribution in [0.15, 0.2) is 18.2 Å². The van der Waals surface area contributed by atoms with Crippen molar-refractivity contribution < 1.29 is 4.79 Å². The number of rotatable bonds is 5. The molecule has 17 heavy (non-hydrogen) atoms. The standard InChI is InChI=1S/C14H20BrNO/c1-10-4-5-11(2)13(8-10)9-14(17)16-7-6-12(3)15/h4-5,8,12H,6-7,9H2,1-3H3,(H,16,17). The van der Waals surface area contributed by atoms with E-state index < -0.39 is 0 Å². The lowest BCUT2D eigenvalue weighted by atomic mass is 10.0. The number of halogens is 1. The monoisotopic (exact) mass is 297 g/mol. The first-order chi connectivity index (χ1) is 7.99. The molecule has 0 aromatic heterocycles. The lowest BCUT2D eigenvalue weighted by molar-refractivity contribution is -0.120. The molecule has 1 atom stereocenters. The maximum absolute atomic E-state index is 11.7. The maximum Gasteiger partial charge on any atom is 0.224 e. The second-order valence-corrected chi connectivity index (χ2v) is 6.09. The number of aryl methyl sites for hydroxylation is 2. The van der Waals surface area contributed by atoms with E-state index in [1.54, 1.807) is 0 Å². The van der Waals surface area contributed by atoms with Crippen molar-refractivity contribution in [1.82, 2.24) is 5.32 Å². The summed E-state index contributed by atoms with van der Waals surface area (Å²) in [7, 11) is 0. The van der Waals surface area contributed by atoms with Gasteiger partial charge in [0.25, 0.3) is 0 Å². The second-order valence-electron chi connectivity index (χ2n) is 4.53. The molecule has 0 aliphatic heterocycles. The highest BCUT2D eigenvalue weighted by atomic mass is 79.9. The largest absolute Gasteiger partial charge is 0.356 e. The van der Waals surface area contributed by atoms with Gasteiger partial charge in [0.15, 0.2) is 0 Å². The summed E-state index contributed by atoms with van der Waals surface area (Å²) in [6.45, 7) is 6.91. The fourth-order valence-corrected chi connectivity index (χ4v) is 1.87. The van der Waals surface area contributed by atoms with Gasteiger partial charge in [0.05, 0.1) is 6.42 Å². The van der Waals surface area contributed by atoms with Crippen LogP contribution in [-0.4, -0.2) is 17.3 Å². The Balaban J connectivity index is 2.47. The number of nitrogens with one attached hydrogen (secondary N) is 1. The first kappa shape index (κ1) is 14.2. The van der Waals surface area contributed by atoms with Crippen molar-refractivity contribution in [3.8, 4) is 0 Å². The minimum Gasteiger partial charge on any atom is -0.356 e. The molecule has 1 rings (SSSR count). The molecule has 1 aromatic rings. The third-order valence-electron chi connectivity index (χ3n) is 2.72. The SMILES string of the molecule is Cc1ccc(C)c(CC(=O)NCCC(C)Br)c1. The Hall–Kier alpha value is -0.830. The lowest BCUT2D eigenvalue weighted by Crippen LogP contribution is -2.27. The van der Waals surface area contributed by atoms with Gasteiger partial charge in [-0.05, 0) is 31.4 Å². The van der Waals surface area contributed by atoms with Crippen molar-refractivity contribution in [3.63, 3.8) is 0 Å². The molecule has 3 heteroatoms. The lowest BCUT2D eigenvalue weighted by Gasteiger charge is -2.09. The first-order valence-corrected chi connectivity index (χ1v) is 6.87. The van der Waals surface area contributed by atoms with Gasteiger partial charge in [0.1, 0.15) is 0 Å². The Kier molecular flexibility index (Phi) is 5.69. The molecule has 0 spiro atoms. The summed E-state index contributed by atoms with van der Waals surface area (Å²) in [6.07, 6.45) is 1.43. The van der Waals surface area contributed by atoms with Crippen LogP contribution < -0.4 is 5.32 Å². The fourth-order valence-electron chi connectivity index (χ4n) is 1.64. The number of alkyl halides is 1. The normalized spacial score (nSPS) is 12.2. The summed E-state index contributed by atoms with van der Waals surface area (Å²) in [4.78, 5) is 12.2. The van der Waals surface area contributed by atoms with E-state index in [0.29, 0.717) is 11.2 Å². The predicted octanol–water partition coefficient (Wildman–Crippen LogP) is 3.14. The molecule has 1 N–H and O–H groups in total. The Morgan fingerprint density at radius 3 is 2.76 bits per heavy atom. The third kappa shape index (κ3) is 5.35. The summed E-state index contributed by atoms with van der Waals surface area (Å²) in [5.74, 6) is 0.104. The van der Waals surface area contributed by atoms with Gasteiger partial charge < -0.3 is 5.32 Å². The minimum atomic E-state index is 0.104. The number of hydrogen-bond acceptors (Lipinski definition) is 1. The van der Waals surface area contributed by atoms with Crippen molar-refractivity contribution in [1.29, 1.82) is 0 Å². The highest BCUT2D eigenvalue weighted by Gasteiger charge is 2.06. The number of carbonyl (C=O) groups excluding carboxylic acids is 1. The van der Waals surface area contributed by atoms with Crippen molar-refractivity contribution in [2.24, 2.45) is 0 Å². The van der Waals surface area contributed by atoms with Gasteiger partial charge in [-0.15, -0.1) is 0 Å². The Morgan fingerprint density at radius 1 is 1.41 bits per heavy atom. The van der Waals surface area contributed by atoms with Gasteiger partial charge in [-0.25, -0.2) is 0 Å². The molecule has 0 bridgehead atoms. The van der Waals surface area contributed by atoms with E-state index in [0.717, 1.165) is 18.5 Å². The topological polar surface area (TPSA) is 29.1 Å². The molecule has 0 aliphatic carbocycles. The van der Waals surface area contributed by atoms with Gasteiger partial charge in [-0.1, -0.05) is 46.6 Å². The summed E-state index contributed by atoms with van der Waals surface area (Å²) in [6, 6.07) is 6.23. The molecule has 1 unspecified atom stereocenters. The number of amides is 1. The molecule has 0 fully saturated rings. The number of hydrogen-bond donors (Lipinski definition) is 1. The number of carbonyl (C=O) groups is 1. The van der Waals surface area contributed by atoms with Crippen LogP contribution in [0, 0.1) is 13.8 Å². The van der Waals surface area contributed by atoms with Gasteiger partial charge in [0.2, 0.25) is 5.91 Å². The third-order valence-corrected chi connectivity index (χ3v) is 3.18. The van der Waals surface area contributed by atoms with Crippen LogP contribution >= 0.6 is 15.9 Å². The second kappa shape index (κ2) is 6.80. The van der Waals surface area contributed by atoms with Crippen LogP contribution in [-0.2, 0) is 11.2 Å². The predicted molar refractivity (Wildman–Crippen MR) is 75.6 cm³/mol. The van der Waals surface area contributed by atoms with Crippen molar-refractivity contribution in [3.05, 3.63) is 34.9 Å². The molecule has 1 amide bonds. The molecule has 94 valence electrons. The average molecular weight is 298 g/mol. The van der Waals surface area contributed by atoms with Gasteiger partial charge in [0, 0.05) is 11.4 Å². The molecular formula is C14H20BrNO. The van der Waals surface area contributed by atoms with E-state index in [1.165, 1.54) is 11.1 Å². The van der Waals surface area contributed by atoms with E-state index in [4.69, 9.17) is 0 Å². The quantitative estimate of drug-likeness (QED) is 0.831. The molecule has 1 aromatic carbocycles. The average Bonchev–Trinajstić information content (AvgIpc) is 2.23. The Morgan fingerprint density at radius 2 is 2.12 bits per heavy atom. The van der Waals surface area contributed by atoms with E-state index in [9.17, 15) is 4.79 Å². The Bertz CT molecular complexity index is 388. The summed E-state index contributed by atoms with van der Waals surface area (Å²) < 4.78 is 0. The molecule has 0 saturated carbocycles. The molecule has 0 radical (unpaired) electrons. The molecule has 0 heterocycles. The molecule has 0 saturated heterocycles. The fraction of sp³-hybridized carbons (Fsp3) is 0.500. The highest BCUT2D eigenvalue weighted by Crippen LogP contribution is 2.11. The number of benzene rings is 1. The zero-order chi connectivity index (χ0) is 12.8. The van der Waals surface area contributed by atoms with Crippen LogP contribution in [0.3, 0.4) is 0 Å². The van der Waals surface area contributed by atoms with E-state index >= 15 is 0 Å². The Labute approximate surface area is 112 Å². The molecule has 0 aliphatic rings. The van der Waals surface area contributed by atoms with Crippen LogP contribution in [0.2, 0.25) is 0 Å². The van der Waals surface area contributed by atoms with Gasteiger partial charge in [-0.2, -0.15) is 0 Å².